The number of hydrogen-bond donors (Lipinski definition) is 1. The predicted octanol–water partition coefficient (Wildman–Crippen LogP) is 2.28. The molecule has 3 aromatic rings. The maximum absolute atomic E-state index is 12.2. The van der Waals surface area contributed by atoms with Crippen LogP contribution in [-0.4, -0.2) is 36.6 Å². The van der Waals surface area contributed by atoms with Crippen molar-refractivity contribution in [1.29, 1.82) is 0 Å². The summed E-state index contributed by atoms with van der Waals surface area (Å²) in [7, 11) is 4.64. The van der Waals surface area contributed by atoms with Gasteiger partial charge in [-0.3, -0.25) is 9.20 Å². The van der Waals surface area contributed by atoms with E-state index in [-0.39, 0.29) is 12.3 Å². The van der Waals surface area contributed by atoms with Crippen molar-refractivity contribution in [2.24, 2.45) is 0 Å². The van der Waals surface area contributed by atoms with Crippen molar-refractivity contribution in [3.05, 3.63) is 41.2 Å². The molecule has 0 spiro atoms. The predicted molar refractivity (Wildman–Crippen MR) is 94.7 cm³/mol. The molecule has 0 aliphatic rings. The lowest BCUT2D eigenvalue weighted by molar-refractivity contribution is -0.120. The van der Waals surface area contributed by atoms with Gasteiger partial charge in [0.2, 0.25) is 11.7 Å². The Balaban J connectivity index is 1.66. The molecule has 25 heavy (non-hydrogen) atoms. The summed E-state index contributed by atoms with van der Waals surface area (Å²) in [5.41, 5.74) is 1.60. The number of hydrogen-bond acceptors (Lipinski definition) is 6. The second kappa shape index (κ2) is 7.43. The summed E-state index contributed by atoms with van der Waals surface area (Å²) in [6, 6.07) is 3.54. The molecule has 1 aromatic carbocycles. The summed E-state index contributed by atoms with van der Waals surface area (Å²) in [5, 5.41) is 4.85. The van der Waals surface area contributed by atoms with Gasteiger partial charge in [-0.25, -0.2) is 4.98 Å². The molecule has 0 aliphatic carbocycles. The number of aromatic nitrogens is 2. The molecular formula is C17H19N3O4S. The highest BCUT2D eigenvalue weighted by Crippen LogP contribution is 2.38. The van der Waals surface area contributed by atoms with Gasteiger partial charge in [0.05, 0.1) is 40.0 Å². The highest BCUT2D eigenvalue weighted by atomic mass is 32.1. The molecule has 0 saturated heterocycles. The molecule has 0 atom stereocenters. The number of fused-ring (bicyclic) bond motifs is 1. The normalized spacial score (nSPS) is 10.7. The van der Waals surface area contributed by atoms with Crippen LogP contribution in [0.3, 0.4) is 0 Å². The maximum Gasteiger partial charge on any atom is 0.224 e. The molecule has 0 fully saturated rings. The molecule has 0 radical (unpaired) electrons. The Bertz CT molecular complexity index is 834. The number of thiazole rings is 1. The van der Waals surface area contributed by atoms with Gasteiger partial charge < -0.3 is 19.5 Å². The second-order valence-electron chi connectivity index (χ2n) is 5.31. The first-order valence-corrected chi connectivity index (χ1v) is 8.49. The summed E-state index contributed by atoms with van der Waals surface area (Å²) in [5.74, 6) is 1.45. The molecule has 2 heterocycles. The highest BCUT2D eigenvalue weighted by molar-refractivity contribution is 7.15. The average Bonchev–Trinajstić information content (AvgIpc) is 3.20. The van der Waals surface area contributed by atoms with E-state index in [4.69, 9.17) is 14.2 Å². The number of rotatable bonds is 7. The van der Waals surface area contributed by atoms with E-state index in [1.807, 2.05) is 22.2 Å². The van der Waals surface area contributed by atoms with Crippen molar-refractivity contribution < 1.29 is 19.0 Å². The van der Waals surface area contributed by atoms with Crippen LogP contribution in [0, 0.1) is 0 Å². The number of methoxy groups -OCH3 is 3. The average molecular weight is 361 g/mol. The van der Waals surface area contributed by atoms with Gasteiger partial charge in [0.15, 0.2) is 16.5 Å². The van der Waals surface area contributed by atoms with Crippen LogP contribution in [0.4, 0.5) is 0 Å². The van der Waals surface area contributed by atoms with E-state index >= 15 is 0 Å². The third-order valence-electron chi connectivity index (χ3n) is 3.70. The molecule has 1 N–H and O–H groups in total. The first-order valence-electron chi connectivity index (χ1n) is 7.61. The molecule has 1 amide bonds. The van der Waals surface area contributed by atoms with Crippen LogP contribution in [0.5, 0.6) is 17.2 Å². The molecule has 0 bridgehead atoms. The van der Waals surface area contributed by atoms with E-state index in [1.54, 1.807) is 44.8 Å². The van der Waals surface area contributed by atoms with E-state index in [2.05, 4.69) is 10.3 Å². The largest absolute Gasteiger partial charge is 0.493 e. The Labute approximate surface area is 149 Å². The summed E-state index contributed by atoms with van der Waals surface area (Å²) in [6.45, 7) is 0.387. The van der Waals surface area contributed by atoms with Crippen molar-refractivity contribution >= 4 is 22.2 Å². The van der Waals surface area contributed by atoms with Gasteiger partial charge in [-0.1, -0.05) is 0 Å². The van der Waals surface area contributed by atoms with Gasteiger partial charge in [0.1, 0.15) is 0 Å². The second-order valence-corrected chi connectivity index (χ2v) is 6.19. The molecule has 8 heteroatoms. The standard InChI is InChI=1S/C17H19N3O4S/c1-22-13-6-11(7-14(23-2)16(13)24-3)8-15(21)18-9-12-10-20-4-5-25-17(20)19-12/h4-7,10H,8-9H2,1-3H3,(H,18,21). The van der Waals surface area contributed by atoms with E-state index in [0.717, 1.165) is 16.2 Å². The fourth-order valence-corrected chi connectivity index (χ4v) is 3.25. The zero-order valence-corrected chi connectivity index (χ0v) is 15.1. The van der Waals surface area contributed by atoms with Crippen LogP contribution in [-0.2, 0) is 17.8 Å². The monoisotopic (exact) mass is 361 g/mol. The van der Waals surface area contributed by atoms with Crippen LogP contribution in [0.1, 0.15) is 11.3 Å². The minimum atomic E-state index is -0.106. The molecular weight excluding hydrogens is 342 g/mol. The number of carbonyl (C=O) groups excluding carboxylic acids is 1. The van der Waals surface area contributed by atoms with Crippen LogP contribution in [0.25, 0.3) is 4.96 Å². The topological polar surface area (TPSA) is 74.1 Å². The first kappa shape index (κ1) is 17.1. The molecule has 132 valence electrons. The van der Waals surface area contributed by atoms with E-state index in [9.17, 15) is 4.79 Å². The lowest BCUT2D eigenvalue weighted by Gasteiger charge is -2.14. The van der Waals surface area contributed by atoms with Crippen LogP contribution in [0.2, 0.25) is 0 Å². The Morgan fingerprint density at radius 2 is 1.92 bits per heavy atom. The summed E-state index contributed by atoms with van der Waals surface area (Å²) in [4.78, 5) is 17.6. The summed E-state index contributed by atoms with van der Waals surface area (Å²) < 4.78 is 17.8. The number of benzene rings is 1. The fraction of sp³-hybridized carbons (Fsp3) is 0.294. The third-order valence-corrected chi connectivity index (χ3v) is 4.47. The van der Waals surface area contributed by atoms with Crippen LogP contribution < -0.4 is 19.5 Å². The number of carbonyl (C=O) groups is 1. The number of amides is 1. The minimum absolute atomic E-state index is 0.106. The minimum Gasteiger partial charge on any atom is -0.493 e. The van der Waals surface area contributed by atoms with Crippen molar-refractivity contribution in [2.45, 2.75) is 13.0 Å². The number of ether oxygens (including phenoxy) is 3. The van der Waals surface area contributed by atoms with Gasteiger partial charge in [0.25, 0.3) is 0 Å². The highest BCUT2D eigenvalue weighted by Gasteiger charge is 2.15. The Hall–Kier alpha value is -2.74. The lowest BCUT2D eigenvalue weighted by Crippen LogP contribution is -2.24. The maximum atomic E-state index is 12.2. The van der Waals surface area contributed by atoms with Gasteiger partial charge >= 0.3 is 0 Å². The van der Waals surface area contributed by atoms with E-state index in [1.165, 1.54) is 0 Å². The van der Waals surface area contributed by atoms with E-state index < -0.39 is 0 Å². The SMILES string of the molecule is COc1cc(CC(=O)NCc2cn3ccsc3n2)cc(OC)c1OC. The van der Waals surface area contributed by atoms with Crippen LogP contribution >= 0.6 is 11.3 Å². The summed E-state index contributed by atoms with van der Waals surface area (Å²) >= 11 is 1.56. The molecule has 3 rings (SSSR count). The third kappa shape index (κ3) is 3.69. The fourth-order valence-electron chi connectivity index (χ4n) is 2.54. The Kier molecular flexibility index (Phi) is 5.08. The van der Waals surface area contributed by atoms with E-state index in [0.29, 0.717) is 23.8 Å². The quantitative estimate of drug-likeness (QED) is 0.699. The van der Waals surface area contributed by atoms with Crippen molar-refractivity contribution in [2.75, 3.05) is 21.3 Å². The zero-order valence-electron chi connectivity index (χ0n) is 14.2. The molecule has 0 aliphatic heterocycles. The zero-order chi connectivity index (χ0) is 17.8. The Morgan fingerprint density at radius 3 is 2.52 bits per heavy atom. The first-order chi connectivity index (χ1) is 12.1. The number of nitrogens with zero attached hydrogens (tertiary/aromatic N) is 2. The number of nitrogens with one attached hydrogen (secondary N) is 1. The van der Waals surface area contributed by atoms with Crippen molar-refractivity contribution in [3.8, 4) is 17.2 Å². The van der Waals surface area contributed by atoms with Gasteiger partial charge in [-0.2, -0.15) is 0 Å². The molecule has 2 aromatic heterocycles. The molecule has 0 unspecified atom stereocenters. The summed E-state index contributed by atoms with van der Waals surface area (Å²) in [6.07, 6.45) is 4.05. The van der Waals surface area contributed by atoms with Gasteiger partial charge in [-0.05, 0) is 17.7 Å². The van der Waals surface area contributed by atoms with Gasteiger partial charge in [-0.15, -0.1) is 11.3 Å². The van der Waals surface area contributed by atoms with Crippen LogP contribution in [0.15, 0.2) is 29.9 Å². The van der Waals surface area contributed by atoms with Crippen molar-refractivity contribution in [1.82, 2.24) is 14.7 Å². The number of imidazole rings is 1. The lowest BCUT2D eigenvalue weighted by atomic mass is 10.1. The molecule has 7 nitrogen and oxygen atoms in total. The molecule has 0 saturated carbocycles. The van der Waals surface area contributed by atoms with Crippen molar-refractivity contribution in [3.63, 3.8) is 0 Å². The Morgan fingerprint density at radius 1 is 1.20 bits per heavy atom. The van der Waals surface area contributed by atoms with Gasteiger partial charge in [0, 0.05) is 17.8 Å². The smallest absolute Gasteiger partial charge is 0.224 e.